The Kier molecular flexibility index (Phi) is 10.6. The van der Waals surface area contributed by atoms with E-state index in [0.29, 0.717) is 26.0 Å². The van der Waals surface area contributed by atoms with Crippen LogP contribution < -0.4 is 15.4 Å². The van der Waals surface area contributed by atoms with Crippen LogP contribution in [0, 0.1) is 0 Å². The molecule has 4 N–H and O–H groups in total. The molecule has 0 saturated carbocycles. The van der Waals surface area contributed by atoms with Gasteiger partial charge in [-0.3, -0.25) is 4.79 Å². The number of aromatic nitrogens is 1. The number of hydrogen-bond donors (Lipinski definition) is 4. The number of carbonyl (C=O) groups excluding carboxylic acids is 1. The van der Waals surface area contributed by atoms with Crippen LogP contribution in [0.1, 0.15) is 62.8 Å². The van der Waals surface area contributed by atoms with Crippen molar-refractivity contribution in [2.75, 3.05) is 6.54 Å². The van der Waals surface area contributed by atoms with E-state index in [2.05, 4.69) is 21.7 Å². The molecule has 4 aromatic rings. The highest BCUT2D eigenvalue weighted by Crippen LogP contribution is 2.28. The number of aryl methyl sites for hydroxylation is 1. The zero-order valence-electron chi connectivity index (χ0n) is 24.6. The van der Waals surface area contributed by atoms with Crippen molar-refractivity contribution < 1.29 is 24.2 Å². The molecule has 2 atom stereocenters. The van der Waals surface area contributed by atoms with Gasteiger partial charge >= 0.3 is 12.1 Å². The van der Waals surface area contributed by atoms with Crippen LogP contribution in [0.3, 0.4) is 0 Å². The molecule has 0 saturated heterocycles. The van der Waals surface area contributed by atoms with E-state index in [-0.39, 0.29) is 18.5 Å². The van der Waals surface area contributed by atoms with E-state index in [4.69, 9.17) is 9.47 Å². The van der Waals surface area contributed by atoms with Gasteiger partial charge in [0.25, 0.3) is 0 Å². The Morgan fingerprint density at radius 1 is 0.929 bits per heavy atom. The lowest BCUT2D eigenvalue weighted by Gasteiger charge is -2.27. The van der Waals surface area contributed by atoms with Crippen LogP contribution in [0.2, 0.25) is 0 Å². The monoisotopic (exact) mass is 571 g/mol. The van der Waals surface area contributed by atoms with E-state index in [0.717, 1.165) is 39.8 Å². The maximum Gasteiger partial charge on any atom is 0.407 e. The maximum atomic E-state index is 12.5. The predicted octanol–water partition coefficient (Wildman–Crippen LogP) is 6.77. The second-order valence-electron chi connectivity index (χ2n) is 11.5. The van der Waals surface area contributed by atoms with Gasteiger partial charge in [-0.25, -0.2) is 4.79 Å². The summed E-state index contributed by atoms with van der Waals surface area (Å²) in [5.74, 6) is -0.0525. The predicted molar refractivity (Wildman–Crippen MR) is 165 cm³/mol. The number of carboxylic acids is 1. The van der Waals surface area contributed by atoms with Crippen molar-refractivity contribution in [2.24, 2.45) is 0 Å². The number of carboxylic acid groups (broad SMARTS) is 1. The molecule has 0 radical (unpaired) electrons. The molecule has 0 spiro atoms. The average molecular weight is 572 g/mol. The molecule has 3 aromatic carbocycles. The first kappa shape index (κ1) is 30.7. The van der Waals surface area contributed by atoms with Gasteiger partial charge in [0.15, 0.2) is 0 Å². The zero-order valence-corrected chi connectivity index (χ0v) is 24.6. The van der Waals surface area contributed by atoms with Gasteiger partial charge in [-0.05, 0) is 74.9 Å². The summed E-state index contributed by atoms with van der Waals surface area (Å²) in [6.07, 6.45) is 3.31. The molecule has 1 heterocycles. The lowest BCUT2D eigenvalue weighted by molar-refractivity contribution is -0.137. The van der Waals surface area contributed by atoms with Gasteiger partial charge in [-0.2, -0.15) is 0 Å². The Morgan fingerprint density at radius 3 is 2.43 bits per heavy atom. The number of rotatable bonds is 14. The van der Waals surface area contributed by atoms with Crippen molar-refractivity contribution >= 4 is 23.0 Å². The van der Waals surface area contributed by atoms with E-state index in [9.17, 15) is 14.7 Å². The minimum Gasteiger partial charge on any atom is -0.489 e. The van der Waals surface area contributed by atoms with Crippen LogP contribution in [0.25, 0.3) is 10.9 Å². The smallest absolute Gasteiger partial charge is 0.407 e. The summed E-state index contributed by atoms with van der Waals surface area (Å²) in [6.45, 7) is 6.30. The number of fused-ring (bicyclic) bond motifs is 1. The third-order valence-electron chi connectivity index (χ3n) is 6.90. The highest BCUT2D eigenvalue weighted by molar-refractivity contribution is 5.83. The largest absolute Gasteiger partial charge is 0.489 e. The molecule has 8 heteroatoms. The summed E-state index contributed by atoms with van der Waals surface area (Å²) >= 11 is 0. The van der Waals surface area contributed by atoms with Crippen LogP contribution >= 0.6 is 0 Å². The normalized spacial score (nSPS) is 12.9. The molecule has 0 fully saturated rings. The third kappa shape index (κ3) is 9.66. The molecule has 222 valence electrons. The third-order valence-corrected chi connectivity index (χ3v) is 6.90. The molecule has 0 aliphatic carbocycles. The fraction of sp³-hybridized carbons (Fsp3) is 0.353. The number of benzene rings is 3. The number of H-pyrrole nitrogens is 1. The summed E-state index contributed by atoms with van der Waals surface area (Å²) in [6, 6.07) is 25.7. The molecule has 1 aromatic heterocycles. The molecule has 1 amide bonds. The average Bonchev–Trinajstić information content (AvgIpc) is 3.39. The molecule has 0 bridgehead atoms. The fourth-order valence-electron chi connectivity index (χ4n) is 4.90. The van der Waals surface area contributed by atoms with E-state index in [1.54, 1.807) is 0 Å². The number of carbonyl (C=O) groups is 2. The summed E-state index contributed by atoms with van der Waals surface area (Å²) in [7, 11) is 0. The molecule has 42 heavy (non-hydrogen) atoms. The fourth-order valence-corrected chi connectivity index (χ4v) is 4.90. The quantitative estimate of drug-likeness (QED) is 0.133. The summed E-state index contributed by atoms with van der Waals surface area (Å²) < 4.78 is 11.5. The lowest BCUT2D eigenvalue weighted by atomic mass is 9.98. The number of aliphatic carboxylic acids is 1. The standard InChI is InChI=1S/C34H41N3O5/c1-34(2,3)42-33(40)36-21-26(17-16-24-12-9-13-27(20-24)41-23-25-10-5-4-6-11-25)37-31(18-19-32(38)39)29-22-35-30-15-8-7-14-28(29)30/h4-15,20,22,26,31,35,37H,16-19,21,23H2,1-3H3,(H,36,40)(H,38,39)/t26?,31-/m0/s1. The van der Waals surface area contributed by atoms with Gasteiger partial charge in [0.05, 0.1) is 0 Å². The summed E-state index contributed by atoms with van der Waals surface area (Å²) in [5.41, 5.74) is 3.60. The molecule has 0 aliphatic heterocycles. The first-order valence-electron chi connectivity index (χ1n) is 14.4. The maximum absolute atomic E-state index is 12.5. The first-order valence-corrected chi connectivity index (χ1v) is 14.4. The van der Waals surface area contributed by atoms with Crippen LogP contribution in [0.5, 0.6) is 5.75 Å². The number of para-hydroxylation sites is 1. The van der Waals surface area contributed by atoms with Crippen molar-refractivity contribution in [2.45, 2.75) is 70.7 Å². The second-order valence-corrected chi connectivity index (χ2v) is 11.5. The Balaban J connectivity index is 1.48. The number of amides is 1. The molecule has 0 aliphatic rings. The second kappa shape index (κ2) is 14.5. The van der Waals surface area contributed by atoms with Gasteiger partial charge in [0.1, 0.15) is 18.0 Å². The number of aromatic amines is 1. The highest BCUT2D eigenvalue weighted by atomic mass is 16.6. The number of nitrogens with one attached hydrogen (secondary N) is 3. The lowest BCUT2D eigenvalue weighted by Crippen LogP contribution is -2.44. The van der Waals surface area contributed by atoms with Crippen LogP contribution in [-0.2, 0) is 22.6 Å². The molecular formula is C34H41N3O5. The van der Waals surface area contributed by atoms with Crippen molar-refractivity contribution in [1.29, 1.82) is 0 Å². The SMILES string of the molecule is CC(C)(C)OC(=O)NCC(CCc1cccc(OCc2ccccc2)c1)N[C@@H](CCC(=O)O)c1c[nH]c2ccccc12. The minimum atomic E-state index is -0.850. The van der Waals surface area contributed by atoms with Crippen molar-refractivity contribution in [1.82, 2.24) is 15.6 Å². The molecule has 8 nitrogen and oxygen atoms in total. The molecule has 1 unspecified atom stereocenters. The first-order chi connectivity index (χ1) is 20.2. The van der Waals surface area contributed by atoms with Gasteiger partial charge in [-0.15, -0.1) is 0 Å². The summed E-state index contributed by atoms with van der Waals surface area (Å²) in [5, 5.41) is 17.1. The summed E-state index contributed by atoms with van der Waals surface area (Å²) in [4.78, 5) is 27.4. The van der Waals surface area contributed by atoms with E-state index < -0.39 is 17.7 Å². The van der Waals surface area contributed by atoms with Gasteiger partial charge in [0, 0.05) is 42.1 Å². The van der Waals surface area contributed by atoms with Crippen molar-refractivity contribution in [3.8, 4) is 5.75 Å². The zero-order chi connectivity index (χ0) is 30.0. The van der Waals surface area contributed by atoms with E-state index >= 15 is 0 Å². The Labute approximate surface area is 247 Å². The van der Waals surface area contributed by atoms with Gasteiger partial charge < -0.3 is 30.2 Å². The number of hydrogen-bond acceptors (Lipinski definition) is 5. The van der Waals surface area contributed by atoms with Crippen LogP contribution in [-0.4, -0.2) is 40.3 Å². The number of ether oxygens (including phenoxy) is 2. The Hall–Kier alpha value is -4.30. The van der Waals surface area contributed by atoms with E-state index in [1.807, 2.05) is 99.8 Å². The minimum absolute atomic E-state index is 0.0180. The molecule has 4 rings (SSSR count). The Bertz CT molecular complexity index is 1440. The van der Waals surface area contributed by atoms with Crippen LogP contribution in [0.15, 0.2) is 85.1 Å². The van der Waals surface area contributed by atoms with Crippen LogP contribution in [0.4, 0.5) is 4.79 Å². The number of alkyl carbamates (subject to hydrolysis) is 1. The molecular weight excluding hydrogens is 530 g/mol. The topological polar surface area (TPSA) is 113 Å². The van der Waals surface area contributed by atoms with Crippen molar-refractivity contribution in [3.05, 3.63) is 102 Å². The Morgan fingerprint density at radius 2 is 1.67 bits per heavy atom. The van der Waals surface area contributed by atoms with Gasteiger partial charge in [-0.1, -0.05) is 60.7 Å². The van der Waals surface area contributed by atoms with Gasteiger partial charge in [0.2, 0.25) is 0 Å². The highest BCUT2D eigenvalue weighted by Gasteiger charge is 2.23. The van der Waals surface area contributed by atoms with Crippen molar-refractivity contribution in [3.63, 3.8) is 0 Å². The van der Waals surface area contributed by atoms with E-state index in [1.165, 1.54) is 0 Å².